The number of H-pyrrole nitrogens is 1. The van der Waals surface area contributed by atoms with Crippen molar-refractivity contribution >= 4 is 29.0 Å². The zero-order valence-corrected chi connectivity index (χ0v) is 10.3. The minimum Gasteiger partial charge on any atom is -0.373 e. The van der Waals surface area contributed by atoms with Crippen LogP contribution in [0.5, 0.6) is 0 Å². The van der Waals surface area contributed by atoms with E-state index in [1.807, 2.05) is 0 Å². The zero-order chi connectivity index (χ0) is 13.1. The third-order valence-corrected chi connectivity index (χ3v) is 2.68. The Bertz CT molecular complexity index is 685. The third-order valence-electron chi connectivity index (χ3n) is 2.68. The van der Waals surface area contributed by atoms with E-state index in [9.17, 15) is 4.79 Å². The van der Waals surface area contributed by atoms with Crippen LogP contribution in [0, 0.1) is 0 Å². The minimum atomic E-state index is -0.180. The standard InChI is InChI=1S/C13H14N4O/c1-4-8-9(7-14-2)11-10(17-12(8)15-3)5-6-16-13(11)18/h4-7H,1H2,2-3H3,(H,15,17)(H,16,18). The molecule has 2 aromatic heterocycles. The van der Waals surface area contributed by atoms with Gasteiger partial charge < -0.3 is 10.3 Å². The predicted octanol–water partition coefficient (Wildman–Crippen LogP) is 1.66. The first-order chi connectivity index (χ1) is 8.72. The fourth-order valence-corrected chi connectivity index (χ4v) is 1.92. The molecule has 5 nitrogen and oxygen atoms in total. The van der Waals surface area contributed by atoms with E-state index in [1.54, 1.807) is 38.6 Å². The number of aliphatic imine (C=N–C) groups is 1. The van der Waals surface area contributed by atoms with Crippen molar-refractivity contribution in [3.63, 3.8) is 0 Å². The van der Waals surface area contributed by atoms with Gasteiger partial charge in [0.1, 0.15) is 5.82 Å². The van der Waals surface area contributed by atoms with Crippen molar-refractivity contribution < 1.29 is 0 Å². The highest BCUT2D eigenvalue weighted by Gasteiger charge is 2.12. The average Bonchev–Trinajstić information content (AvgIpc) is 2.38. The van der Waals surface area contributed by atoms with Crippen molar-refractivity contribution in [2.24, 2.45) is 4.99 Å². The molecule has 0 saturated heterocycles. The highest BCUT2D eigenvalue weighted by Crippen LogP contribution is 2.23. The Hall–Kier alpha value is -2.43. The van der Waals surface area contributed by atoms with E-state index >= 15 is 0 Å². The number of hydrogen-bond acceptors (Lipinski definition) is 4. The summed E-state index contributed by atoms with van der Waals surface area (Å²) >= 11 is 0. The Kier molecular flexibility index (Phi) is 3.23. The van der Waals surface area contributed by atoms with Crippen molar-refractivity contribution in [2.75, 3.05) is 19.4 Å². The van der Waals surface area contributed by atoms with Gasteiger partial charge in [-0.2, -0.15) is 0 Å². The number of pyridine rings is 2. The largest absolute Gasteiger partial charge is 0.373 e. The molecule has 0 amide bonds. The zero-order valence-electron chi connectivity index (χ0n) is 10.3. The lowest BCUT2D eigenvalue weighted by Crippen LogP contribution is -2.11. The van der Waals surface area contributed by atoms with E-state index in [-0.39, 0.29) is 5.56 Å². The highest BCUT2D eigenvalue weighted by atomic mass is 16.1. The predicted molar refractivity (Wildman–Crippen MR) is 75.5 cm³/mol. The molecular weight excluding hydrogens is 228 g/mol. The van der Waals surface area contributed by atoms with E-state index in [0.29, 0.717) is 16.7 Å². The van der Waals surface area contributed by atoms with Crippen molar-refractivity contribution in [3.05, 3.63) is 40.3 Å². The SMILES string of the molecule is C=Cc1c(NC)nc2cc[nH]c(=O)c2c1C=NC. The Morgan fingerprint density at radius 3 is 2.89 bits per heavy atom. The molecule has 0 unspecified atom stereocenters. The van der Waals surface area contributed by atoms with Crippen molar-refractivity contribution in [1.82, 2.24) is 9.97 Å². The Morgan fingerprint density at radius 2 is 2.28 bits per heavy atom. The summed E-state index contributed by atoms with van der Waals surface area (Å²) in [5.41, 5.74) is 1.94. The van der Waals surface area contributed by atoms with Gasteiger partial charge in [-0.3, -0.25) is 9.79 Å². The van der Waals surface area contributed by atoms with Crippen LogP contribution in [-0.2, 0) is 0 Å². The highest BCUT2D eigenvalue weighted by molar-refractivity contribution is 6.03. The molecule has 0 fully saturated rings. The summed E-state index contributed by atoms with van der Waals surface area (Å²) in [4.78, 5) is 23.0. The van der Waals surface area contributed by atoms with Crippen LogP contribution in [0.4, 0.5) is 5.82 Å². The first-order valence-electron chi connectivity index (χ1n) is 5.50. The maximum absolute atomic E-state index is 11.9. The second-order valence-corrected chi connectivity index (χ2v) is 3.70. The fourth-order valence-electron chi connectivity index (χ4n) is 1.92. The Labute approximate surface area is 104 Å². The lowest BCUT2D eigenvalue weighted by molar-refractivity contribution is 1.24. The van der Waals surface area contributed by atoms with Gasteiger partial charge in [0.15, 0.2) is 0 Å². The smallest absolute Gasteiger partial charge is 0.258 e. The maximum atomic E-state index is 11.9. The normalized spacial score (nSPS) is 11.0. The summed E-state index contributed by atoms with van der Waals surface area (Å²) < 4.78 is 0. The number of nitrogens with one attached hydrogen (secondary N) is 2. The summed E-state index contributed by atoms with van der Waals surface area (Å²) in [6.45, 7) is 3.77. The summed E-state index contributed by atoms with van der Waals surface area (Å²) in [7, 11) is 3.44. The topological polar surface area (TPSA) is 70.1 Å². The molecule has 0 saturated carbocycles. The second-order valence-electron chi connectivity index (χ2n) is 3.70. The van der Waals surface area contributed by atoms with Crippen LogP contribution in [0.2, 0.25) is 0 Å². The molecular formula is C13H14N4O. The molecule has 2 rings (SSSR count). The number of rotatable bonds is 3. The quantitative estimate of drug-likeness (QED) is 0.804. The van der Waals surface area contributed by atoms with Crippen molar-refractivity contribution in [1.29, 1.82) is 0 Å². The second kappa shape index (κ2) is 4.83. The number of fused-ring (bicyclic) bond motifs is 1. The summed E-state index contributed by atoms with van der Waals surface area (Å²) in [5, 5.41) is 3.53. The number of aromatic amines is 1. The van der Waals surface area contributed by atoms with Gasteiger partial charge in [0.25, 0.3) is 5.56 Å². The van der Waals surface area contributed by atoms with Crippen LogP contribution in [0.15, 0.2) is 28.6 Å². The molecule has 0 bridgehead atoms. The third kappa shape index (κ3) is 1.79. The van der Waals surface area contributed by atoms with Crippen LogP contribution in [-0.4, -0.2) is 30.3 Å². The lowest BCUT2D eigenvalue weighted by Gasteiger charge is -2.10. The van der Waals surface area contributed by atoms with Crippen LogP contribution in [0.1, 0.15) is 11.1 Å². The van der Waals surface area contributed by atoms with Gasteiger partial charge >= 0.3 is 0 Å². The summed E-state index contributed by atoms with van der Waals surface area (Å²) in [6, 6.07) is 1.76. The number of anilines is 1. The van der Waals surface area contributed by atoms with Gasteiger partial charge in [-0.15, -0.1) is 0 Å². The van der Waals surface area contributed by atoms with Gasteiger partial charge in [-0.05, 0) is 6.07 Å². The molecule has 2 aromatic rings. The van der Waals surface area contributed by atoms with E-state index < -0.39 is 0 Å². The molecule has 0 spiro atoms. The van der Waals surface area contributed by atoms with E-state index in [2.05, 4.69) is 26.9 Å². The molecule has 0 aliphatic rings. The molecule has 18 heavy (non-hydrogen) atoms. The first-order valence-corrected chi connectivity index (χ1v) is 5.50. The van der Waals surface area contributed by atoms with Gasteiger partial charge in [0, 0.05) is 37.6 Å². The lowest BCUT2D eigenvalue weighted by atomic mass is 10.0. The number of nitrogens with zero attached hydrogens (tertiary/aromatic N) is 2. The fraction of sp³-hybridized carbons (Fsp3) is 0.154. The number of aromatic nitrogens is 2. The van der Waals surface area contributed by atoms with Crippen molar-refractivity contribution in [3.8, 4) is 0 Å². The Morgan fingerprint density at radius 1 is 1.50 bits per heavy atom. The van der Waals surface area contributed by atoms with Gasteiger partial charge in [0.05, 0.1) is 10.9 Å². The molecule has 2 N–H and O–H groups in total. The molecule has 0 aromatic carbocycles. The van der Waals surface area contributed by atoms with E-state index in [1.165, 1.54) is 0 Å². The van der Waals surface area contributed by atoms with Crippen LogP contribution in [0.25, 0.3) is 17.0 Å². The average molecular weight is 242 g/mol. The molecule has 0 atom stereocenters. The van der Waals surface area contributed by atoms with Gasteiger partial charge in [-0.1, -0.05) is 12.7 Å². The van der Waals surface area contributed by atoms with E-state index in [4.69, 9.17) is 0 Å². The van der Waals surface area contributed by atoms with E-state index in [0.717, 1.165) is 11.1 Å². The van der Waals surface area contributed by atoms with Crippen LogP contribution < -0.4 is 10.9 Å². The molecule has 5 heteroatoms. The monoisotopic (exact) mass is 242 g/mol. The van der Waals surface area contributed by atoms with Gasteiger partial charge in [-0.25, -0.2) is 4.98 Å². The summed E-state index contributed by atoms with van der Waals surface area (Å²) in [5.74, 6) is 0.679. The first kappa shape index (κ1) is 12.0. The van der Waals surface area contributed by atoms with Crippen molar-refractivity contribution in [2.45, 2.75) is 0 Å². The molecule has 0 radical (unpaired) electrons. The van der Waals surface area contributed by atoms with Gasteiger partial charge in [0.2, 0.25) is 0 Å². The Balaban J connectivity index is 3.03. The summed E-state index contributed by atoms with van der Waals surface area (Å²) in [6.07, 6.45) is 4.90. The molecule has 0 aliphatic carbocycles. The molecule has 0 aliphatic heterocycles. The molecule has 92 valence electrons. The minimum absolute atomic E-state index is 0.180. The molecule has 2 heterocycles. The van der Waals surface area contributed by atoms with Crippen LogP contribution >= 0.6 is 0 Å². The number of hydrogen-bond donors (Lipinski definition) is 2. The maximum Gasteiger partial charge on any atom is 0.258 e. The van der Waals surface area contributed by atoms with Crippen LogP contribution in [0.3, 0.4) is 0 Å².